The number of nitrogens with one attached hydrogen (secondary N) is 1. The van der Waals surface area contributed by atoms with Gasteiger partial charge in [-0.2, -0.15) is 0 Å². The van der Waals surface area contributed by atoms with Crippen molar-refractivity contribution in [3.8, 4) is 11.5 Å². The topological polar surface area (TPSA) is 44.7 Å². The lowest BCUT2D eigenvalue weighted by Gasteiger charge is -2.39. The Morgan fingerprint density at radius 3 is 2.43 bits per heavy atom. The zero-order chi connectivity index (χ0) is 18.9. The van der Waals surface area contributed by atoms with Gasteiger partial charge in [-0.15, -0.1) is 0 Å². The molecule has 1 atom stereocenters. The summed E-state index contributed by atoms with van der Waals surface area (Å²) in [6, 6.07) is 24.9. The van der Waals surface area contributed by atoms with Crippen LogP contribution in [0.2, 0.25) is 0 Å². The molecule has 2 heterocycles. The second-order valence-electron chi connectivity index (χ2n) is 7.53. The number of phenols is 1. The van der Waals surface area contributed by atoms with Gasteiger partial charge in [-0.1, -0.05) is 36.4 Å². The highest BCUT2D eigenvalue weighted by Crippen LogP contribution is 2.39. The average molecular weight is 372 g/mol. The summed E-state index contributed by atoms with van der Waals surface area (Å²) in [7, 11) is 0. The van der Waals surface area contributed by atoms with Crippen LogP contribution in [0.1, 0.15) is 22.7 Å². The summed E-state index contributed by atoms with van der Waals surface area (Å²) in [4.78, 5) is 2.45. The monoisotopic (exact) mass is 372 g/mol. The van der Waals surface area contributed by atoms with Crippen molar-refractivity contribution in [3.05, 3.63) is 89.5 Å². The van der Waals surface area contributed by atoms with Crippen molar-refractivity contribution in [2.75, 3.05) is 24.5 Å². The highest BCUT2D eigenvalue weighted by molar-refractivity contribution is 5.57. The first-order valence-electron chi connectivity index (χ1n) is 9.89. The van der Waals surface area contributed by atoms with Gasteiger partial charge in [-0.3, -0.25) is 0 Å². The molecule has 2 N–H and O–H groups in total. The summed E-state index contributed by atoms with van der Waals surface area (Å²) < 4.78 is 5.98. The van der Waals surface area contributed by atoms with Crippen LogP contribution in [0.15, 0.2) is 72.8 Å². The minimum absolute atomic E-state index is 0.117. The molecule has 2 aliphatic heterocycles. The maximum atomic E-state index is 9.94. The molecule has 0 radical (unpaired) electrons. The van der Waals surface area contributed by atoms with Gasteiger partial charge in [0, 0.05) is 25.3 Å². The third-order valence-electron chi connectivity index (χ3n) is 5.69. The molecular formula is C24H24N2O2. The molecule has 0 aliphatic carbocycles. The Morgan fingerprint density at radius 2 is 1.71 bits per heavy atom. The Hall–Kier alpha value is -2.98. The first kappa shape index (κ1) is 17.1. The van der Waals surface area contributed by atoms with E-state index < -0.39 is 0 Å². The summed E-state index contributed by atoms with van der Waals surface area (Å²) in [5.74, 6) is 1.26. The van der Waals surface area contributed by atoms with Crippen molar-refractivity contribution in [1.29, 1.82) is 0 Å². The number of ether oxygens (including phenoxy) is 1. The highest BCUT2D eigenvalue weighted by atomic mass is 16.5. The Labute approximate surface area is 165 Å². The van der Waals surface area contributed by atoms with E-state index in [9.17, 15) is 5.11 Å². The van der Waals surface area contributed by atoms with Crippen LogP contribution >= 0.6 is 0 Å². The number of nitrogens with zero attached hydrogens (tertiary/aromatic N) is 1. The number of rotatable bonds is 4. The van der Waals surface area contributed by atoms with Crippen LogP contribution in [-0.4, -0.2) is 30.8 Å². The maximum absolute atomic E-state index is 9.94. The zero-order valence-corrected chi connectivity index (χ0v) is 15.7. The SMILES string of the molecule is Oc1ccc2c(c1)CCN(c1ccccc1)C2c1ccc(OC2CNC2)cc1. The van der Waals surface area contributed by atoms with E-state index in [-0.39, 0.29) is 12.1 Å². The Bertz CT molecular complexity index is 952. The minimum atomic E-state index is 0.117. The Morgan fingerprint density at radius 1 is 0.929 bits per heavy atom. The summed E-state index contributed by atoms with van der Waals surface area (Å²) in [5, 5.41) is 13.2. The molecule has 2 aliphatic rings. The Balaban J connectivity index is 1.52. The largest absolute Gasteiger partial charge is 0.508 e. The number of hydrogen-bond acceptors (Lipinski definition) is 4. The molecule has 4 heteroatoms. The number of phenolic OH excluding ortho intramolecular Hbond substituents is 1. The molecule has 1 saturated heterocycles. The van der Waals surface area contributed by atoms with Gasteiger partial charge in [-0.25, -0.2) is 0 Å². The van der Waals surface area contributed by atoms with E-state index in [4.69, 9.17) is 4.74 Å². The van der Waals surface area contributed by atoms with Gasteiger partial charge >= 0.3 is 0 Å². The fourth-order valence-corrected chi connectivity index (χ4v) is 4.14. The standard InChI is InChI=1S/C24H24N2O2/c27-20-8-11-23-18(14-20)12-13-26(19-4-2-1-3-5-19)24(23)17-6-9-21(10-7-17)28-22-15-25-16-22/h1-11,14,22,24-25,27H,12-13,15-16H2. The van der Waals surface area contributed by atoms with Crippen LogP contribution in [0.4, 0.5) is 5.69 Å². The molecule has 142 valence electrons. The van der Waals surface area contributed by atoms with E-state index in [1.165, 1.54) is 22.4 Å². The number of fused-ring (bicyclic) bond motifs is 1. The predicted molar refractivity (Wildman–Crippen MR) is 111 cm³/mol. The van der Waals surface area contributed by atoms with E-state index in [0.717, 1.165) is 31.8 Å². The molecule has 3 aromatic rings. The molecule has 1 unspecified atom stereocenters. The second-order valence-corrected chi connectivity index (χ2v) is 7.53. The van der Waals surface area contributed by atoms with E-state index in [1.54, 1.807) is 6.07 Å². The lowest BCUT2D eigenvalue weighted by molar-refractivity contribution is 0.142. The normalized spacial score (nSPS) is 19.0. The summed E-state index contributed by atoms with van der Waals surface area (Å²) in [6.45, 7) is 2.75. The number of benzene rings is 3. The zero-order valence-electron chi connectivity index (χ0n) is 15.7. The van der Waals surface area contributed by atoms with Gasteiger partial charge < -0.3 is 20.1 Å². The third kappa shape index (κ3) is 3.20. The molecule has 5 rings (SSSR count). The van der Waals surface area contributed by atoms with Gasteiger partial charge in [0.15, 0.2) is 0 Å². The van der Waals surface area contributed by atoms with Gasteiger partial charge in [0.05, 0.1) is 6.04 Å². The van der Waals surface area contributed by atoms with Crippen LogP contribution in [0.25, 0.3) is 0 Å². The van der Waals surface area contributed by atoms with Gasteiger partial charge in [-0.05, 0) is 59.5 Å². The molecule has 0 saturated carbocycles. The van der Waals surface area contributed by atoms with Gasteiger partial charge in [0.25, 0.3) is 0 Å². The van der Waals surface area contributed by atoms with Crippen molar-refractivity contribution < 1.29 is 9.84 Å². The minimum Gasteiger partial charge on any atom is -0.508 e. The van der Waals surface area contributed by atoms with E-state index in [2.05, 4.69) is 70.9 Å². The van der Waals surface area contributed by atoms with Crippen molar-refractivity contribution >= 4 is 5.69 Å². The van der Waals surface area contributed by atoms with E-state index in [0.29, 0.717) is 5.75 Å². The molecule has 0 aromatic heterocycles. The van der Waals surface area contributed by atoms with Gasteiger partial charge in [0.1, 0.15) is 17.6 Å². The molecule has 1 fully saturated rings. The fourth-order valence-electron chi connectivity index (χ4n) is 4.14. The lowest BCUT2D eigenvalue weighted by atomic mass is 9.87. The summed E-state index contributed by atoms with van der Waals surface area (Å²) in [6.07, 6.45) is 1.20. The van der Waals surface area contributed by atoms with Crippen LogP contribution < -0.4 is 15.0 Å². The molecule has 4 nitrogen and oxygen atoms in total. The maximum Gasteiger partial charge on any atom is 0.123 e. The van der Waals surface area contributed by atoms with Crippen molar-refractivity contribution in [2.45, 2.75) is 18.6 Å². The molecule has 28 heavy (non-hydrogen) atoms. The Kier molecular flexibility index (Phi) is 4.41. The predicted octanol–water partition coefficient (Wildman–Crippen LogP) is 3.89. The second kappa shape index (κ2) is 7.21. The van der Waals surface area contributed by atoms with Gasteiger partial charge in [0.2, 0.25) is 0 Å². The molecule has 0 bridgehead atoms. The van der Waals surface area contributed by atoms with Crippen molar-refractivity contribution in [3.63, 3.8) is 0 Å². The quantitative estimate of drug-likeness (QED) is 0.729. The van der Waals surface area contributed by atoms with Crippen LogP contribution in [0.3, 0.4) is 0 Å². The first-order chi connectivity index (χ1) is 13.8. The number of hydrogen-bond donors (Lipinski definition) is 2. The average Bonchev–Trinajstić information content (AvgIpc) is 2.71. The molecule has 3 aromatic carbocycles. The van der Waals surface area contributed by atoms with Crippen molar-refractivity contribution in [1.82, 2.24) is 5.32 Å². The number of aromatic hydroxyl groups is 1. The number of para-hydroxylation sites is 1. The summed E-state index contributed by atoms with van der Waals surface area (Å²) >= 11 is 0. The van der Waals surface area contributed by atoms with Crippen molar-refractivity contribution in [2.24, 2.45) is 0 Å². The fraction of sp³-hybridized carbons (Fsp3) is 0.250. The van der Waals surface area contributed by atoms with Crippen LogP contribution in [0, 0.1) is 0 Å². The molecule has 0 spiro atoms. The van der Waals surface area contributed by atoms with E-state index in [1.807, 2.05) is 6.07 Å². The van der Waals surface area contributed by atoms with E-state index >= 15 is 0 Å². The third-order valence-corrected chi connectivity index (χ3v) is 5.69. The highest BCUT2D eigenvalue weighted by Gasteiger charge is 2.29. The molecular weight excluding hydrogens is 348 g/mol. The summed E-state index contributed by atoms with van der Waals surface area (Å²) in [5.41, 5.74) is 4.92. The lowest BCUT2D eigenvalue weighted by Crippen LogP contribution is -2.50. The first-order valence-corrected chi connectivity index (χ1v) is 9.89. The smallest absolute Gasteiger partial charge is 0.123 e. The van der Waals surface area contributed by atoms with Crippen LogP contribution in [0.5, 0.6) is 11.5 Å². The number of anilines is 1. The molecule has 0 amide bonds. The van der Waals surface area contributed by atoms with Crippen LogP contribution in [-0.2, 0) is 6.42 Å².